The number of likely N-dealkylation sites (tertiary alicyclic amines) is 1. The van der Waals surface area contributed by atoms with Gasteiger partial charge in [0.1, 0.15) is 23.9 Å². The highest BCUT2D eigenvalue weighted by atomic mass is 16.4. The molecule has 0 radical (unpaired) electrons. The standard InChI is InChI=1S/C19H26N4O7/c20-9-16(26)21-14(10-24)17(27)22-13(8-11-3-5-12(25)6-4-11)18(28)23-7-1-2-15(23)19(29)30/h3-6,13-15,24-25H,1-2,7-10,20H2,(H,21,26)(H,22,27)(H,29,30). The molecule has 0 spiro atoms. The summed E-state index contributed by atoms with van der Waals surface area (Å²) in [6, 6.07) is 2.55. The molecule has 1 aromatic carbocycles. The number of phenols is 1. The minimum Gasteiger partial charge on any atom is -0.508 e. The molecule has 1 aliphatic heterocycles. The quantitative estimate of drug-likeness (QED) is 0.262. The second-order valence-corrected chi connectivity index (χ2v) is 6.97. The van der Waals surface area contributed by atoms with Gasteiger partial charge >= 0.3 is 5.97 Å². The van der Waals surface area contributed by atoms with Crippen molar-refractivity contribution in [2.75, 3.05) is 19.7 Å². The van der Waals surface area contributed by atoms with Crippen molar-refractivity contribution in [1.29, 1.82) is 0 Å². The zero-order chi connectivity index (χ0) is 22.3. The Morgan fingerprint density at radius 2 is 1.80 bits per heavy atom. The number of aliphatic hydroxyl groups excluding tert-OH is 1. The molecule has 11 heteroatoms. The van der Waals surface area contributed by atoms with Crippen molar-refractivity contribution < 1.29 is 34.5 Å². The summed E-state index contributed by atoms with van der Waals surface area (Å²) in [5.74, 6) is -3.14. The van der Waals surface area contributed by atoms with Crippen LogP contribution in [0.25, 0.3) is 0 Å². The maximum absolute atomic E-state index is 13.1. The Hall–Kier alpha value is -3.18. The minimum absolute atomic E-state index is 0.0245. The molecule has 3 amide bonds. The molecule has 0 bridgehead atoms. The number of nitrogens with zero attached hydrogens (tertiary/aromatic N) is 1. The van der Waals surface area contributed by atoms with Gasteiger partial charge in [0, 0.05) is 13.0 Å². The molecule has 3 atom stereocenters. The van der Waals surface area contributed by atoms with Gasteiger partial charge in [0.15, 0.2) is 0 Å². The highest BCUT2D eigenvalue weighted by molar-refractivity contribution is 5.94. The number of amides is 3. The van der Waals surface area contributed by atoms with Crippen LogP contribution in [0.15, 0.2) is 24.3 Å². The van der Waals surface area contributed by atoms with E-state index in [1.165, 1.54) is 17.0 Å². The third-order valence-corrected chi connectivity index (χ3v) is 4.83. The summed E-state index contributed by atoms with van der Waals surface area (Å²) >= 11 is 0. The molecule has 1 saturated heterocycles. The minimum atomic E-state index is -1.31. The van der Waals surface area contributed by atoms with Crippen LogP contribution in [0.2, 0.25) is 0 Å². The van der Waals surface area contributed by atoms with Gasteiger partial charge in [0.2, 0.25) is 17.7 Å². The first-order valence-corrected chi connectivity index (χ1v) is 9.48. The van der Waals surface area contributed by atoms with E-state index in [1.54, 1.807) is 12.1 Å². The van der Waals surface area contributed by atoms with Crippen molar-refractivity contribution in [1.82, 2.24) is 15.5 Å². The third-order valence-electron chi connectivity index (χ3n) is 4.83. The average molecular weight is 422 g/mol. The summed E-state index contributed by atoms with van der Waals surface area (Å²) < 4.78 is 0. The largest absolute Gasteiger partial charge is 0.508 e. The third kappa shape index (κ3) is 5.91. The SMILES string of the molecule is NCC(=O)NC(CO)C(=O)NC(Cc1ccc(O)cc1)C(=O)N1CCCC1C(=O)O. The molecular formula is C19H26N4O7. The maximum Gasteiger partial charge on any atom is 0.326 e. The number of benzene rings is 1. The number of hydrogen-bond acceptors (Lipinski definition) is 7. The van der Waals surface area contributed by atoms with Gasteiger partial charge in [-0.15, -0.1) is 0 Å². The number of carboxylic acids is 1. The van der Waals surface area contributed by atoms with E-state index in [0.717, 1.165) is 0 Å². The van der Waals surface area contributed by atoms with Gasteiger partial charge in [-0.25, -0.2) is 4.79 Å². The van der Waals surface area contributed by atoms with E-state index in [9.17, 15) is 34.5 Å². The Labute approximate surface area is 172 Å². The molecule has 30 heavy (non-hydrogen) atoms. The normalized spacial score (nSPS) is 17.8. The number of carbonyl (C=O) groups is 4. The number of aliphatic carboxylic acids is 1. The van der Waals surface area contributed by atoms with Crippen molar-refractivity contribution in [3.63, 3.8) is 0 Å². The first-order chi connectivity index (χ1) is 14.3. The summed E-state index contributed by atoms with van der Waals surface area (Å²) in [6.07, 6.45) is 0.859. The lowest BCUT2D eigenvalue weighted by Gasteiger charge is -2.28. The van der Waals surface area contributed by atoms with E-state index < -0.39 is 48.4 Å². The number of nitrogens with two attached hydrogens (primary N) is 1. The summed E-state index contributed by atoms with van der Waals surface area (Å²) in [5.41, 5.74) is 5.82. The Morgan fingerprint density at radius 1 is 1.13 bits per heavy atom. The molecule has 1 heterocycles. The Balaban J connectivity index is 2.22. The number of hydrogen-bond donors (Lipinski definition) is 6. The Morgan fingerprint density at radius 3 is 2.37 bits per heavy atom. The zero-order valence-electron chi connectivity index (χ0n) is 16.3. The number of aliphatic hydroxyl groups is 1. The van der Waals surface area contributed by atoms with Gasteiger partial charge < -0.3 is 36.6 Å². The van der Waals surface area contributed by atoms with Crippen LogP contribution in [0.5, 0.6) is 5.75 Å². The van der Waals surface area contributed by atoms with E-state index >= 15 is 0 Å². The van der Waals surface area contributed by atoms with Crippen molar-refractivity contribution in [3.8, 4) is 5.75 Å². The smallest absolute Gasteiger partial charge is 0.326 e. The molecule has 2 rings (SSSR count). The van der Waals surface area contributed by atoms with Crippen molar-refractivity contribution in [2.24, 2.45) is 5.73 Å². The predicted molar refractivity (Wildman–Crippen MR) is 104 cm³/mol. The fourth-order valence-corrected chi connectivity index (χ4v) is 3.27. The van der Waals surface area contributed by atoms with Crippen molar-refractivity contribution in [2.45, 2.75) is 37.4 Å². The molecule has 0 aliphatic carbocycles. The molecule has 164 valence electrons. The first kappa shape index (κ1) is 23.1. The van der Waals surface area contributed by atoms with Crippen LogP contribution in [0.1, 0.15) is 18.4 Å². The number of aromatic hydroxyl groups is 1. The van der Waals surface area contributed by atoms with Crippen LogP contribution in [-0.2, 0) is 25.6 Å². The van der Waals surface area contributed by atoms with Crippen LogP contribution in [0.3, 0.4) is 0 Å². The van der Waals surface area contributed by atoms with E-state index in [-0.39, 0.29) is 25.3 Å². The van der Waals surface area contributed by atoms with Crippen LogP contribution in [0, 0.1) is 0 Å². The number of carboxylic acid groups (broad SMARTS) is 1. The van der Waals surface area contributed by atoms with E-state index in [0.29, 0.717) is 18.4 Å². The van der Waals surface area contributed by atoms with E-state index in [4.69, 9.17) is 5.73 Å². The van der Waals surface area contributed by atoms with Crippen LogP contribution in [0.4, 0.5) is 0 Å². The summed E-state index contributed by atoms with van der Waals surface area (Å²) in [5, 5.41) is 33.0. The van der Waals surface area contributed by atoms with E-state index in [1.807, 2.05) is 0 Å². The van der Waals surface area contributed by atoms with Crippen molar-refractivity contribution in [3.05, 3.63) is 29.8 Å². The summed E-state index contributed by atoms with van der Waals surface area (Å²) in [4.78, 5) is 49.8. The highest BCUT2D eigenvalue weighted by Gasteiger charge is 2.38. The fraction of sp³-hybridized carbons (Fsp3) is 0.474. The predicted octanol–water partition coefficient (Wildman–Crippen LogP) is -2.07. The Kier molecular flexibility index (Phi) is 8.13. The second-order valence-electron chi connectivity index (χ2n) is 6.97. The molecule has 1 aliphatic rings. The van der Waals surface area contributed by atoms with Gasteiger partial charge in [0.25, 0.3) is 0 Å². The molecule has 0 saturated carbocycles. The summed E-state index contributed by atoms with van der Waals surface area (Å²) in [7, 11) is 0. The molecule has 0 aromatic heterocycles. The van der Waals surface area contributed by atoms with Gasteiger partial charge in [0.05, 0.1) is 13.2 Å². The van der Waals surface area contributed by atoms with Gasteiger partial charge in [-0.05, 0) is 30.5 Å². The molecule has 7 N–H and O–H groups in total. The second kappa shape index (κ2) is 10.6. The molecule has 11 nitrogen and oxygen atoms in total. The van der Waals surface area contributed by atoms with Gasteiger partial charge in [-0.3, -0.25) is 14.4 Å². The zero-order valence-corrected chi connectivity index (χ0v) is 16.3. The molecule has 1 fully saturated rings. The number of rotatable bonds is 9. The monoisotopic (exact) mass is 422 g/mol. The van der Waals surface area contributed by atoms with Crippen LogP contribution < -0.4 is 16.4 Å². The number of phenolic OH excluding ortho intramolecular Hbond substituents is 1. The first-order valence-electron chi connectivity index (χ1n) is 9.48. The average Bonchev–Trinajstić information content (AvgIpc) is 3.22. The van der Waals surface area contributed by atoms with E-state index in [2.05, 4.69) is 10.6 Å². The van der Waals surface area contributed by atoms with Gasteiger partial charge in [-0.1, -0.05) is 12.1 Å². The lowest BCUT2D eigenvalue weighted by atomic mass is 10.0. The summed E-state index contributed by atoms with van der Waals surface area (Å²) in [6.45, 7) is -0.849. The van der Waals surface area contributed by atoms with Gasteiger partial charge in [-0.2, -0.15) is 0 Å². The Bertz CT molecular complexity index is 784. The fourth-order valence-electron chi connectivity index (χ4n) is 3.27. The van der Waals surface area contributed by atoms with Crippen LogP contribution >= 0.6 is 0 Å². The maximum atomic E-state index is 13.1. The number of nitrogens with one attached hydrogen (secondary N) is 2. The lowest BCUT2D eigenvalue weighted by Crippen LogP contribution is -2.57. The highest BCUT2D eigenvalue weighted by Crippen LogP contribution is 2.20. The lowest BCUT2D eigenvalue weighted by molar-refractivity contribution is -0.149. The molecule has 3 unspecified atom stereocenters. The molecular weight excluding hydrogens is 396 g/mol. The topological polar surface area (TPSA) is 182 Å². The van der Waals surface area contributed by atoms with Crippen molar-refractivity contribution >= 4 is 23.7 Å². The van der Waals surface area contributed by atoms with Crippen LogP contribution in [-0.4, -0.2) is 81.7 Å². The number of carbonyl (C=O) groups excluding carboxylic acids is 3. The molecule has 1 aromatic rings.